The average Bonchev–Trinajstić information content (AvgIpc) is 3.04. The third-order valence-corrected chi connectivity index (χ3v) is 4.26. The molecule has 0 bridgehead atoms. The van der Waals surface area contributed by atoms with Gasteiger partial charge in [0.25, 0.3) is 0 Å². The van der Waals surface area contributed by atoms with Crippen LogP contribution in [0.25, 0.3) is 6.08 Å². The van der Waals surface area contributed by atoms with E-state index >= 15 is 0 Å². The van der Waals surface area contributed by atoms with Crippen molar-refractivity contribution < 1.29 is 4.79 Å². The Labute approximate surface area is 136 Å². The lowest BCUT2D eigenvalue weighted by molar-refractivity contribution is -0.126. The van der Waals surface area contributed by atoms with E-state index in [9.17, 15) is 4.79 Å². The maximum atomic E-state index is 12.5. The molecule has 1 aliphatic rings. The van der Waals surface area contributed by atoms with E-state index in [0.717, 1.165) is 24.9 Å². The van der Waals surface area contributed by atoms with Crippen LogP contribution in [-0.2, 0) is 4.79 Å². The van der Waals surface area contributed by atoms with E-state index in [-0.39, 0.29) is 11.9 Å². The molecule has 112 valence electrons. The lowest BCUT2D eigenvalue weighted by Crippen LogP contribution is -2.28. The number of carbonyl (C=O) groups excluding carboxylic acids is 1. The van der Waals surface area contributed by atoms with Crippen molar-refractivity contribution in [3.63, 3.8) is 0 Å². The van der Waals surface area contributed by atoms with Crippen LogP contribution in [0.5, 0.6) is 0 Å². The monoisotopic (exact) mass is 311 g/mol. The fourth-order valence-electron chi connectivity index (χ4n) is 2.89. The zero-order valence-corrected chi connectivity index (χ0v) is 13.0. The summed E-state index contributed by atoms with van der Waals surface area (Å²) in [4.78, 5) is 14.4. The number of hydrogen-bond donors (Lipinski definition) is 0. The van der Waals surface area contributed by atoms with Crippen LogP contribution in [0, 0.1) is 0 Å². The molecule has 1 amide bonds. The molecular weight excluding hydrogens is 294 g/mol. The lowest BCUT2D eigenvalue weighted by atomic mass is 10.0. The number of benzene rings is 2. The summed E-state index contributed by atoms with van der Waals surface area (Å²) < 4.78 is 0. The topological polar surface area (TPSA) is 20.3 Å². The standard InChI is InChI=1S/C19H18ClNO/c20-17-11-8-15(9-12-17)10-13-19(22)21-14-4-7-18(21)16-5-2-1-3-6-16/h1-3,5-6,8-13,18H,4,7,14H2/b13-10+. The zero-order valence-electron chi connectivity index (χ0n) is 12.3. The predicted molar refractivity (Wildman–Crippen MR) is 90.6 cm³/mol. The molecule has 0 saturated carbocycles. The van der Waals surface area contributed by atoms with E-state index in [1.54, 1.807) is 6.08 Å². The first kappa shape index (κ1) is 14.9. The van der Waals surface area contributed by atoms with Crippen LogP contribution in [-0.4, -0.2) is 17.4 Å². The van der Waals surface area contributed by atoms with Gasteiger partial charge in [-0.1, -0.05) is 54.1 Å². The molecule has 1 fully saturated rings. The Hall–Kier alpha value is -2.06. The average molecular weight is 312 g/mol. The van der Waals surface area contributed by atoms with Gasteiger partial charge in [-0.3, -0.25) is 4.79 Å². The lowest BCUT2D eigenvalue weighted by Gasteiger charge is -2.23. The Bertz CT molecular complexity index is 664. The smallest absolute Gasteiger partial charge is 0.247 e. The largest absolute Gasteiger partial charge is 0.332 e. The van der Waals surface area contributed by atoms with Crippen LogP contribution in [0.2, 0.25) is 5.02 Å². The first-order valence-corrected chi connectivity index (χ1v) is 7.91. The summed E-state index contributed by atoms with van der Waals surface area (Å²) in [6.07, 6.45) is 5.59. The number of likely N-dealkylation sites (tertiary alicyclic amines) is 1. The maximum Gasteiger partial charge on any atom is 0.247 e. The van der Waals surface area contributed by atoms with Crippen molar-refractivity contribution in [1.82, 2.24) is 4.90 Å². The van der Waals surface area contributed by atoms with Gasteiger partial charge in [-0.15, -0.1) is 0 Å². The highest BCUT2D eigenvalue weighted by Gasteiger charge is 2.28. The van der Waals surface area contributed by atoms with Crippen LogP contribution >= 0.6 is 11.6 Å². The third-order valence-electron chi connectivity index (χ3n) is 4.01. The van der Waals surface area contributed by atoms with E-state index in [0.29, 0.717) is 5.02 Å². The van der Waals surface area contributed by atoms with Gasteiger partial charge in [-0.25, -0.2) is 0 Å². The highest BCUT2D eigenvalue weighted by atomic mass is 35.5. The van der Waals surface area contributed by atoms with Crippen LogP contribution in [0.4, 0.5) is 0 Å². The Balaban J connectivity index is 1.72. The Morgan fingerprint density at radius 2 is 1.82 bits per heavy atom. The molecule has 1 aliphatic heterocycles. The summed E-state index contributed by atoms with van der Waals surface area (Å²) in [7, 11) is 0. The number of halogens is 1. The third kappa shape index (κ3) is 3.40. The Morgan fingerprint density at radius 1 is 1.09 bits per heavy atom. The first-order valence-electron chi connectivity index (χ1n) is 7.53. The van der Waals surface area contributed by atoms with Crippen molar-refractivity contribution in [2.24, 2.45) is 0 Å². The molecule has 2 aromatic rings. The Kier molecular flexibility index (Phi) is 4.59. The van der Waals surface area contributed by atoms with Gasteiger partial charge in [0.2, 0.25) is 5.91 Å². The van der Waals surface area contributed by atoms with Gasteiger partial charge >= 0.3 is 0 Å². The molecule has 3 rings (SSSR count). The minimum absolute atomic E-state index is 0.0707. The number of nitrogens with zero attached hydrogens (tertiary/aromatic N) is 1. The van der Waals surface area contributed by atoms with Crippen molar-refractivity contribution in [1.29, 1.82) is 0 Å². The number of hydrogen-bond acceptors (Lipinski definition) is 1. The summed E-state index contributed by atoms with van der Waals surface area (Å²) >= 11 is 5.87. The fraction of sp³-hybridized carbons (Fsp3) is 0.211. The summed E-state index contributed by atoms with van der Waals surface area (Å²) in [5.74, 6) is 0.0707. The zero-order chi connectivity index (χ0) is 15.4. The van der Waals surface area contributed by atoms with Crippen molar-refractivity contribution in [2.75, 3.05) is 6.54 Å². The summed E-state index contributed by atoms with van der Waals surface area (Å²) in [5, 5.41) is 0.701. The van der Waals surface area contributed by atoms with E-state index in [1.807, 2.05) is 53.4 Å². The van der Waals surface area contributed by atoms with Crippen molar-refractivity contribution >= 4 is 23.6 Å². The van der Waals surface area contributed by atoms with Gasteiger partial charge in [-0.05, 0) is 42.2 Å². The molecule has 2 nitrogen and oxygen atoms in total. The maximum absolute atomic E-state index is 12.5. The van der Waals surface area contributed by atoms with E-state index in [4.69, 9.17) is 11.6 Å². The number of carbonyl (C=O) groups is 1. The van der Waals surface area contributed by atoms with Crippen LogP contribution < -0.4 is 0 Å². The SMILES string of the molecule is O=C(/C=C/c1ccc(Cl)cc1)N1CCCC1c1ccccc1. The van der Waals surface area contributed by atoms with Gasteiger partial charge in [0.05, 0.1) is 6.04 Å². The predicted octanol–water partition coefficient (Wildman–Crippen LogP) is 4.72. The molecule has 1 atom stereocenters. The molecule has 2 aromatic carbocycles. The second-order valence-corrected chi connectivity index (χ2v) is 5.92. The van der Waals surface area contributed by atoms with Crippen LogP contribution in [0.1, 0.15) is 30.0 Å². The molecule has 22 heavy (non-hydrogen) atoms. The molecule has 1 unspecified atom stereocenters. The van der Waals surface area contributed by atoms with Crippen LogP contribution in [0.3, 0.4) is 0 Å². The summed E-state index contributed by atoms with van der Waals surface area (Å²) in [6, 6.07) is 17.9. The highest BCUT2D eigenvalue weighted by molar-refractivity contribution is 6.30. The molecule has 0 aromatic heterocycles. The second kappa shape index (κ2) is 6.80. The van der Waals surface area contributed by atoms with E-state index < -0.39 is 0 Å². The number of amides is 1. The minimum atomic E-state index is 0.0707. The van der Waals surface area contributed by atoms with E-state index in [1.165, 1.54) is 5.56 Å². The minimum Gasteiger partial charge on any atom is -0.332 e. The van der Waals surface area contributed by atoms with Gasteiger partial charge in [0, 0.05) is 17.6 Å². The fourth-order valence-corrected chi connectivity index (χ4v) is 3.02. The van der Waals surface area contributed by atoms with Crippen molar-refractivity contribution in [3.05, 3.63) is 76.8 Å². The van der Waals surface area contributed by atoms with Crippen molar-refractivity contribution in [3.8, 4) is 0 Å². The molecule has 0 aliphatic carbocycles. The molecule has 0 N–H and O–H groups in total. The molecule has 1 heterocycles. The molecular formula is C19H18ClNO. The molecule has 3 heteroatoms. The van der Waals surface area contributed by atoms with Gasteiger partial charge < -0.3 is 4.90 Å². The van der Waals surface area contributed by atoms with Gasteiger partial charge in [0.15, 0.2) is 0 Å². The Morgan fingerprint density at radius 3 is 2.55 bits per heavy atom. The quantitative estimate of drug-likeness (QED) is 0.751. The second-order valence-electron chi connectivity index (χ2n) is 5.49. The highest BCUT2D eigenvalue weighted by Crippen LogP contribution is 2.31. The number of rotatable bonds is 3. The van der Waals surface area contributed by atoms with Gasteiger partial charge in [-0.2, -0.15) is 0 Å². The molecule has 0 spiro atoms. The van der Waals surface area contributed by atoms with Gasteiger partial charge in [0.1, 0.15) is 0 Å². The van der Waals surface area contributed by atoms with Crippen molar-refractivity contribution in [2.45, 2.75) is 18.9 Å². The van der Waals surface area contributed by atoms with E-state index in [2.05, 4.69) is 12.1 Å². The molecule has 1 saturated heterocycles. The summed E-state index contributed by atoms with van der Waals surface area (Å²) in [5.41, 5.74) is 2.20. The first-order chi connectivity index (χ1) is 10.7. The van der Waals surface area contributed by atoms with Crippen LogP contribution in [0.15, 0.2) is 60.7 Å². The molecule has 0 radical (unpaired) electrons. The summed E-state index contributed by atoms with van der Waals surface area (Å²) in [6.45, 7) is 0.823. The normalized spacial score (nSPS) is 18.0.